The minimum Gasteiger partial charge on any atom is -0.474 e. The summed E-state index contributed by atoms with van der Waals surface area (Å²) in [6, 6.07) is 0.197. The van der Waals surface area contributed by atoms with Crippen molar-refractivity contribution in [3.63, 3.8) is 0 Å². The molecule has 0 aromatic carbocycles. The maximum Gasteiger partial charge on any atom is 0.421 e. The van der Waals surface area contributed by atoms with E-state index >= 15 is 0 Å². The van der Waals surface area contributed by atoms with Crippen LogP contribution in [0.15, 0.2) is 18.7 Å². The smallest absolute Gasteiger partial charge is 0.421 e. The van der Waals surface area contributed by atoms with Gasteiger partial charge in [0.2, 0.25) is 11.6 Å². The number of aromatic nitrogens is 1. The largest absolute Gasteiger partial charge is 0.474 e. The molecule has 0 saturated heterocycles. The van der Waals surface area contributed by atoms with Crippen molar-refractivity contribution < 1.29 is 27.6 Å². The molecule has 0 bridgehead atoms. The van der Waals surface area contributed by atoms with Crippen molar-refractivity contribution in [1.29, 1.82) is 0 Å². The van der Waals surface area contributed by atoms with Crippen molar-refractivity contribution in [3.8, 4) is 5.88 Å². The number of pyridine rings is 1. The first-order valence-corrected chi connectivity index (χ1v) is 6.41. The summed E-state index contributed by atoms with van der Waals surface area (Å²) in [7, 11) is 0. The topological polar surface area (TPSA) is 108 Å². The van der Waals surface area contributed by atoms with Crippen LogP contribution in [0.5, 0.6) is 5.88 Å². The second-order valence-corrected chi connectivity index (χ2v) is 4.62. The van der Waals surface area contributed by atoms with Gasteiger partial charge in [-0.3, -0.25) is 14.9 Å². The molecule has 1 aromatic rings. The average Bonchev–Trinajstić information content (AvgIpc) is 2.43. The minimum atomic E-state index is -4.94. The van der Waals surface area contributed by atoms with Crippen LogP contribution in [0.1, 0.15) is 35.8 Å². The van der Waals surface area contributed by atoms with Crippen molar-refractivity contribution in [2.75, 3.05) is 0 Å². The third-order valence-electron chi connectivity index (χ3n) is 2.79. The zero-order valence-electron chi connectivity index (χ0n) is 12.1. The van der Waals surface area contributed by atoms with Crippen LogP contribution in [-0.2, 0) is 6.18 Å². The molecule has 2 N–H and O–H groups in total. The van der Waals surface area contributed by atoms with Crippen LogP contribution in [0, 0.1) is 10.1 Å². The summed E-state index contributed by atoms with van der Waals surface area (Å²) in [4.78, 5) is 24.2. The Kier molecular flexibility index (Phi) is 5.66. The van der Waals surface area contributed by atoms with Gasteiger partial charge in [-0.2, -0.15) is 13.2 Å². The van der Waals surface area contributed by atoms with E-state index in [1.165, 1.54) is 6.92 Å². The van der Waals surface area contributed by atoms with Crippen molar-refractivity contribution in [2.45, 2.75) is 32.0 Å². The standard InChI is InChI=1S/C13H14F3N3O4/c1-3-4-5-7(2)23-12-8(13(14,15)16)6-9(19(21)22)10(18-12)11(17)20/h3,6-7H,1,4-5H2,2H3,(H2,17,20)/t7-/m1/s1. The van der Waals surface area contributed by atoms with Crippen LogP contribution in [0.3, 0.4) is 0 Å². The fraction of sp³-hybridized carbons (Fsp3) is 0.385. The Balaban J connectivity index is 3.41. The molecule has 126 valence electrons. The lowest BCUT2D eigenvalue weighted by molar-refractivity contribution is -0.385. The molecule has 0 aliphatic carbocycles. The lowest BCUT2D eigenvalue weighted by atomic mass is 10.2. The Morgan fingerprint density at radius 1 is 1.61 bits per heavy atom. The van der Waals surface area contributed by atoms with E-state index in [4.69, 9.17) is 10.5 Å². The third kappa shape index (κ3) is 4.66. The van der Waals surface area contributed by atoms with Crippen LogP contribution in [0.25, 0.3) is 0 Å². The van der Waals surface area contributed by atoms with Crippen molar-refractivity contribution in [2.24, 2.45) is 5.73 Å². The number of alkyl halides is 3. The zero-order chi connectivity index (χ0) is 17.8. The number of amides is 1. The molecular formula is C13H14F3N3O4. The van der Waals surface area contributed by atoms with Crippen LogP contribution in [0.4, 0.5) is 18.9 Å². The van der Waals surface area contributed by atoms with Gasteiger partial charge < -0.3 is 10.5 Å². The summed E-state index contributed by atoms with van der Waals surface area (Å²) in [6.07, 6.45) is -3.23. The van der Waals surface area contributed by atoms with E-state index < -0.39 is 45.9 Å². The molecule has 0 unspecified atom stereocenters. The van der Waals surface area contributed by atoms with Crippen LogP contribution in [0.2, 0.25) is 0 Å². The molecule has 0 aliphatic heterocycles. The Hall–Kier alpha value is -2.65. The SMILES string of the molecule is C=CCC[C@@H](C)Oc1nc(C(N)=O)c([N+](=O)[O-])cc1C(F)(F)F. The lowest BCUT2D eigenvalue weighted by Gasteiger charge is -2.17. The summed E-state index contributed by atoms with van der Waals surface area (Å²) >= 11 is 0. The molecule has 10 heteroatoms. The molecule has 0 fully saturated rings. The van der Waals surface area contributed by atoms with E-state index in [0.29, 0.717) is 12.8 Å². The van der Waals surface area contributed by atoms with Gasteiger partial charge in [0.25, 0.3) is 5.91 Å². The number of hydrogen-bond donors (Lipinski definition) is 1. The molecule has 1 amide bonds. The highest BCUT2D eigenvalue weighted by Gasteiger charge is 2.39. The van der Waals surface area contributed by atoms with Crippen LogP contribution in [-0.4, -0.2) is 21.9 Å². The molecule has 0 spiro atoms. The Morgan fingerprint density at radius 2 is 2.22 bits per heavy atom. The number of allylic oxidation sites excluding steroid dienone is 1. The number of ether oxygens (including phenoxy) is 1. The normalized spacial score (nSPS) is 12.5. The summed E-state index contributed by atoms with van der Waals surface area (Å²) in [5.74, 6) is -2.25. The number of carbonyl (C=O) groups is 1. The quantitative estimate of drug-likeness (QED) is 0.469. The zero-order valence-corrected chi connectivity index (χ0v) is 12.1. The van der Waals surface area contributed by atoms with E-state index in [9.17, 15) is 28.1 Å². The van der Waals surface area contributed by atoms with E-state index in [-0.39, 0.29) is 6.07 Å². The fourth-order valence-electron chi connectivity index (χ4n) is 1.70. The Labute approximate surface area is 129 Å². The first-order valence-electron chi connectivity index (χ1n) is 6.41. The number of carbonyl (C=O) groups excluding carboxylic acids is 1. The summed E-state index contributed by atoms with van der Waals surface area (Å²) in [5.41, 5.74) is 1.47. The molecule has 0 radical (unpaired) electrons. The fourth-order valence-corrected chi connectivity index (χ4v) is 1.70. The molecule has 0 saturated carbocycles. The highest BCUT2D eigenvalue weighted by Crippen LogP contribution is 2.38. The number of hydrogen-bond acceptors (Lipinski definition) is 5. The molecule has 1 atom stereocenters. The van der Waals surface area contributed by atoms with Crippen LogP contribution >= 0.6 is 0 Å². The Bertz CT molecular complexity index is 632. The molecular weight excluding hydrogens is 319 g/mol. The third-order valence-corrected chi connectivity index (χ3v) is 2.79. The second-order valence-electron chi connectivity index (χ2n) is 4.62. The summed E-state index contributed by atoms with van der Waals surface area (Å²) in [6.45, 7) is 4.97. The second kappa shape index (κ2) is 7.07. The summed E-state index contributed by atoms with van der Waals surface area (Å²) < 4.78 is 44.2. The van der Waals surface area contributed by atoms with E-state index in [1.807, 2.05) is 0 Å². The van der Waals surface area contributed by atoms with Crippen molar-refractivity contribution >= 4 is 11.6 Å². The number of primary amides is 1. The van der Waals surface area contributed by atoms with E-state index in [1.54, 1.807) is 6.08 Å². The molecule has 7 nitrogen and oxygen atoms in total. The van der Waals surface area contributed by atoms with Gasteiger partial charge in [0.1, 0.15) is 5.56 Å². The maximum atomic E-state index is 13.1. The summed E-state index contributed by atoms with van der Waals surface area (Å²) in [5, 5.41) is 10.8. The average molecular weight is 333 g/mol. The van der Waals surface area contributed by atoms with E-state index in [0.717, 1.165) is 0 Å². The lowest BCUT2D eigenvalue weighted by Crippen LogP contribution is -2.21. The maximum absolute atomic E-state index is 13.1. The van der Waals surface area contributed by atoms with Gasteiger partial charge in [-0.05, 0) is 19.8 Å². The number of nitro groups is 1. The monoisotopic (exact) mass is 333 g/mol. The number of halogens is 3. The van der Waals surface area contributed by atoms with Crippen molar-refractivity contribution in [3.05, 3.63) is 40.1 Å². The number of rotatable bonds is 7. The highest BCUT2D eigenvalue weighted by atomic mass is 19.4. The molecule has 1 heterocycles. The van der Waals surface area contributed by atoms with Gasteiger partial charge in [0.05, 0.1) is 11.0 Å². The molecule has 23 heavy (non-hydrogen) atoms. The van der Waals surface area contributed by atoms with Gasteiger partial charge >= 0.3 is 11.9 Å². The number of nitrogens with two attached hydrogens (primary N) is 1. The van der Waals surface area contributed by atoms with Gasteiger partial charge in [0, 0.05) is 6.07 Å². The van der Waals surface area contributed by atoms with Gasteiger partial charge in [0.15, 0.2) is 0 Å². The van der Waals surface area contributed by atoms with Gasteiger partial charge in [-0.25, -0.2) is 4.98 Å². The molecule has 1 rings (SSSR count). The van der Waals surface area contributed by atoms with Gasteiger partial charge in [-0.15, -0.1) is 6.58 Å². The van der Waals surface area contributed by atoms with Crippen molar-refractivity contribution in [1.82, 2.24) is 4.98 Å². The molecule has 1 aromatic heterocycles. The van der Waals surface area contributed by atoms with Crippen LogP contribution < -0.4 is 10.5 Å². The number of nitrogens with zero attached hydrogens (tertiary/aromatic N) is 2. The van der Waals surface area contributed by atoms with E-state index in [2.05, 4.69) is 11.6 Å². The highest BCUT2D eigenvalue weighted by molar-refractivity contribution is 5.95. The van der Waals surface area contributed by atoms with Gasteiger partial charge in [-0.1, -0.05) is 6.08 Å². The Morgan fingerprint density at radius 3 is 2.65 bits per heavy atom. The predicted octanol–water partition coefficient (Wildman–Crippen LogP) is 2.84. The molecule has 0 aliphatic rings. The first-order chi connectivity index (χ1) is 10.6. The minimum absolute atomic E-state index is 0.197. The first kappa shape index (κ1) is 18.4. The predicted molar refractivity (Wildman–Crippen MR) is 73.9 cm³/mol.